The fraction of sp³-hybridized carbons (Fsp3) is 0.300. The number of nitrogens with two attached hydrogens (primary N) is 1. The lowest BCUT2D eigenvalue weighted by Crippen LogP contribution is -2.26. The highest BCUT2D eigenvalue weighted by Gasteiger charge is 2.14. The van der Waals surface area contributed by atoms with Crippen LogP contribution in [0.5, 0.6) is 5.75 Å². The SMILES string of the molecule is CC(C)=CCn1c2ccccc2c2c(OCC(O)CN)cccc21. The monoisotopic (exact) mass is 324 g/mol. The fourth-order valence-corrected chi connectivity index (χ4v) is 2.91. The summed E-state index contributed by atoms with van der Waals surface area (Å²) in [5, 5.41) is 11.9. The van der Waals surface area contributed by atoms with E-state index in [1.807, 2.05) is 18.2 Å². The normalized spacial score (nSPS) is 12.5. The lowest BCUT2D eigenvalue weighted by Gasteiger charge is -2.11. The van der Waals surface area contributed by atoms with Crippen molar-refractivity contribution in [2.45, 2.75) is 26.5 Å². The van der Waals surface area contributed by atoms with Gasteiger partial charge < -0.3 is 20.1 Å². The van der Waals surface area contributed by atoms with Gasteiger partial charge in [-0.15, -0.1) is 0 Å². The molecule has 2 aromatic carbocycles. The molecule has 0 aliphatic rings. The van der Waals surface area contributed by atoms with E-state index < -0.39 is 6.10 Å². The Balaban J connectivity index is 2.15. The number of allylic oxidation sites excluding steroid dienone is 2. The minimum absolute atomic E-state index is 0.193. The molecule has 3 aromatic rings. The summed E-state index contributed by atoms with van der Waals surface area (Å²) < 4.78 is 8.16. The molecule has 0 radical (unpaired) electrons. The summed E-state index contributed by atoms with van der Waals surface area (Å²) in [6.45, 7) is 5.43. The summed E-state index contributed by atoms with van der Waals surface area (Å²) in [5.41, 5.74) is 9.08. The number of aliphatic hydroxyl groups excluding tert-OH is 1. The molecule has 4 nitrogen and oxygen atoms in total. The first-order chi connectivity index (χ1) is 11.6. The van der Waals surface area contributed by atoms with Gasteiger partial charge in [-0.2, -0.15) is 0 Å². The van der Waals surface area contributed by atoms with Crippen LogP contribution >= 0.6 is 0 Å². The first-order valence-electron chi connectivity index (χ1n) is 8.26. The zero-order valence-electron chi connectivity index (χ0n) is 14.2. The molecular formula is C20H24N2O2. The highest BCUT2D eigenvalue weighted by molar-refractivity contribution is 6.11. The Morgan fingerprint density at radius 2 is 1.92 bits per heavy atom. The third-order valence-electron chi connectivity index (χ3n) is 4.14. The van der Waals surface area contributed by atoms with E-state index in [1.165, 1.54) is 11.1 Å². The summed E-state index contributed by atoms with van der Waals surface area (Å²) >= 11 is 0. The van der Waals surface area contributed by atoms with E-state index in [0.717, 1.165) is 28.6 Å². The first-order valence-corrected chi connectivity index (χ1v) is 8.26. The van der Waals surface area contributed by atoms with Gasteiger partial charge in [0, 0.05) is 29.4 Å². The van der Waals surface area contributed by atoms with Crippen LogP contribution in [0.3, 0.4) is 0 Å². The van der Waals surface area contributed by atoms with Gasteiger partial charge in [0.05, 0.1) is 5.52 Å². The highest BCUT2D eigenvalue weighted by atomic mass is 16.5. The second kappa shape index (κ2) is 7.07. The molecule has 1 heterocycles. The molecule has 1 atom stereocenters. The van der Waals surface area contributed by atoms with Crippen molar-refractivity contribution in [2.24, 2.45) is 5.73 Å². The molecule has 0 aliphatic heterocycles. The Bertz CT molecular complexity index is 876. The Morgan fingerprint density at radius 1 is 1.17 bits per heavy atom. The van der Waals surface area contributed by atoms with Gasteiger partial charge in [-0.05, 0) is 32.0 Å². The maximum atomic E-state index is 9.69. The quantitative estimate of drug-likeness (QED) is 0.683. The van der Waals surface area contributed by atoms with Gasteiger partial charge in [-0.25, -0.2) is 0 Å². The third-order valence-corrected chi connectivity index (χ3v) is 4.14. The Kier molecular flexibility index (Phi) is 4.88. The topological polar surface area (TPSA) is 60.4 Å². The second-order valence-electron chi connectivity index (χ2n) is 6.26. The van der Waals surface area contributed by atoms with Gasteiger partial charge in [0.2, 0.25) is 0 Å². The molecule has 24 heavy (non-hydrogen) atoms. The van der Waals surface area contributed by atoms with E-state index in [1.54, 1.807) is 0 Å². The zero-order valence-corrected chi connectivity index (χ0v) is 14.2. The number of hydrogen-bond donors (Lipinski definition) is 2. The number of benzene rings is 2. The number of para-hydroxylation sites is 1. The summed E-state index contributed by atoms with van der Waals surface area (Å²) in [7, 11) is 0. The van der Waals surface area contributed by atoms with Gasteiger partial charge in [-0.3, -0.25) is 0 Å². The predicted octanol–water partition coefficient (Wildman–Crippen LogP) is 3.46. The minimum Gasteiger partial charge on any atom is -0.490 e. The van der Waals surface area contributed by atoms with Crippen LogP contribution in [0.15, 0.2) is 54.1 Å². The molecule has 0 saturated heterocycles. The summed E-state index contributed by atoms with van der Waals surface area (Å²) in [5.74, 6) is 0.784. The fourth-order valence-electron chi connectivity index (χ4n) is 2.91. The van der Waals surface area contributed by atoms with Crippen molar-refractivity contribution >= 4 is 21.8 Å². The summed E-state index contributed by atoms with van der Waals surface area (Å²) in [6, 6.07) is 14.4. The van der Waals surface area contributed by atoms with Gasteiger partial charge in [0.1, 0.15) is 18.5 Å². The number of aromatic nitrogens is 1. The molecular weight excluding hydrogens is 300 g/mol. The summed E-state index contributed by atoms with van der Waals surface area (Å²) in [4.78, 5) is 0. The van der Waals surface area contributed by atoms with Crippen molar-refractivity contribution in [3.63, 3.8) is 0 Å². The van der Waals surface area contributed by atoms with E-state index in [-0.39, 0.29) is 13.2 Å². The van der Waals surface area contributed by atoms with Crippen molar-refractivity contribution in [1.82, 2.24) is 4.57 Å². The predicted molar refractivity (Wildman–Crippen MR) is 99.4 cm³/mol. The molecule has 4 heteroatoms. The highest BCUT2D eigenvalue weighted by Crippen LogP contribution is 2.35. The van der Waals surface area contributed by atoms with Gasteiger partial charge >= 0.3 is 0 Å². The number of hydrogen-bond acceptors (Lipinski definition) is 3. The lowest BCUT2D eigenvalue weighted by atomic mass is 10.1. The van der Waals surface area contributed by atoms with Crippen LogP contribution < -0.4 is 10.5 Å². The number of fused-ring (bicyclic) bond motifs is 3. The van der Waals surface area contributed by atoms with Gasteiger partial charge in [-0.1, -0.05) is 35.9 Å². The Hall–Kier alpha value is -2.30. The maximum absolute atomic E-state index is 9.69. The van der Waals surface area contributed by atoms with Gasteiger partial charge in [0.25, 0.3) is 0 Å². The van der Waals surface area contributed by atoms with E-state index in [9.17, 15) is 5.11 Å². The van der Waals surface area contributed by atoms with E-state index in [2.05, 4.69) is 48.8 Å². The molecule has 3 N–H and O–H groups in total. The van der Waals surface area contributed by atoms with Crippen molar-refractivity contribution in [1.29, 1.82) is 0 Å². The number of aliphatic hydroxyl groups is 1. The van der Waals surface area contributed by atoms with Crippen molar-refractivity contribution in [3.8, 4) is 5.75 Å². The average Bonchev–Trinajstić information content (AvgIpc) is 2.92. The number of nitrogens with zero attached hydrogens (tertiary/aromatic N) is 1. The molecule has 0 bridgehead atoms. The molecule has 0 aliphatic carbocycles. The molecule has 1 aromatic heterocycles. The first kappa shape index (κ1) is 16.6. The molecule has 1 unspecified atom stereocenters. The van der Waals surface area contributed by atoms with Crippen LogP contribution in [0.4, 0.5) is 0 Å². The van der Waals surface area contributed by atoms with Crippen molar-refractivity contribution in [3.05, 3.63) is 54.1 Å². The average molecular weight is 324 g/mol. The van der Waals surface area contributed by atoms with Gasteiger partial charge in [0.15, 0.2) is 0 Å². The van der Waals surface area contributed by atoms with Crippen molar-refractivity contribution < 1.29 is 9.84 Å². The van der Waals surface area contributed by atoms with Crippen LogP contribution in [0, 0.1) is 0 Å². The number of ether oxygens (including phenoxy) is 1. The lowest BCUT2D eigenvalue weighted by molar-refractivity contribution is 0.115. The van der Waals surface area contributed by atoms with E-state index in [4.69, 9.17) is 10.5 Å². The smallest absolute Gasteiger partial charge is 0.129 e. The zero-order chi connectivity index (χ0) is 17.1. The van der Waals surface area contributed by atoms with E-state index in [0.29, 0.717) is 0 Å². The van der Waals surface area contributed by atoms with Crippen LogP contribution in [0.25, 0.3) is 21.8 Å². The Labute approximate surface area is 142 Å². The minimum atomic E-state index is -0.653. The van der Waals surface area contributed by atoms with Crippen LogP contribution in [-0.4, -0.2) is 28.9 Å². The molecule has 126 valence electrons. The number of rotatable bonds is 6. The molecule has 0 fully saturated rings. The largest absolute Gasteiger partial charge is 0.490 e. The molecule has 0 amide bonds. The third kappa shape index (κ3) is 3.16. The van der Waals surface area contributed by atoms with Crippen LogP contribution in [-0.2, 0) is 6.54 Å². The van der Waals surface area contributed by atoms with Crippen LogP contribution in [0.1, 0.15) is 13.8 Å². The van der Waals surface area contributed by atoms with Crippen LogP contribution in [0.2, 0.25) is 0 Å². The summed E-state index contributed by atoms with van der Waals surface area (Å²) in [6.07, 6.45) is 1.57. The van der Waals surface area contributed by atoms with E-state index >= 15 is 0 Å². The standard InChI is InChI=1S/C20H24N2O2/c1-14(2)10-11-22-17-7-4-3-6-16(17)20-18(22)8-5-9-19(20)24-13-15(23)12-21/h3-10,15,23H,11-13,21H2,1-2H3. The molecule has 0 saturated carbocycles. The maximum Gasteiger partial charge on any atom is 0.129 e. The second-order valence-corrected chi connectivity index (χ2v) is 6.26. The van der Waals surface area contributed by atoms with Crippen molar-refractivity contribution in [2.75, 3.05) is 13.2 Å². The Morgan fingerprint density at radius 3 is 2.67 bits per heavy atom. The molecule has 0 spiro atoms. The molecule has 3 rings (SSSR count).